The standard InChI is InChI=1S/C34H31N3O7S/c1-22-7-12-27(45(40,41)37-13-15-43-16-14-37)19-31(22)36-33(38)21-44-34(39)29-20-32(35-30-6-4-3-5-28(29)30)25-9-8-24-18-26(42-2)11-10-23(24)17-25/h3-12,17-20H,13-16,21H2,1-2H3,(H,36,38). The fraction of sp³-hybridized carbons (Fsp3) is 0.206. The highest BCUT2D eigenvalue weighted by atomic mass is 32.2. The van der Waals surface area contributed by atoms with Gasteiger partial charge in [0.2, 0.25) is 10.0 Å². The minimum atomic E-state index is -3.76. The number of fused-ring (bicyclic) bond motifs is 2. The van der Waals surface area contributed by atoms with Gasteiger partial charge in [0.15, 0.2) is 6.61 Å². The number of sulfonamides is 1. The maximum absolute atomic E-state index is 13.4. The van der Waals surface area contributed by atoms with Crippen molar-refractivity contribution >= 4 is 49.3 Å². The minimum absolute atomic E-state index is 0.0610. The monoisotopic (exact) mass is 625 g/mol. The summed E-state index contributed by atoms with van der Waals surface area (Å²) >= 11 is 0. The van der Waals surface area contributed by atoms with Crippen LogP contribution < -0.4 is 10.1 Å². The molecule has 0 bridgehead atoms. The predicted molar refractivity (Wildman–Crippen MR) is 171 cm³/mol. The van der Waals surface area contributed by atoms with Gasteiger partial charge in [-0.1, -0.05) is 42.5 Å². The number of esters is 1. The molecule has 0 aliphatic carbocycles. The number of hydrogen-bond acceptors (Lipinski definition) is 8. The molecule has 230 valence electrons. The Morgan fingerprint density at radius 2 is 1.69 bits per heavy atom. The number of carbonyl (C=O) groups is 2. The van der Waals surface area contributed by atoms with Gasteiger partial charge in [-0.2, -0.15) is 4.31 Å². The number of rotatable bonds is 8. The molecule has 5 aromatic rings. The molecule has 1 fully saturated rings. The Morgan fingerprint density at radius 1 is 0.933 bits per heavy atom. The van der Waals surface area contributed by atoms with Crippen LogP contribution >= 0.6 is 0 Å². The molecule has 10 nitrogen and oxygen atoms in total. The van der Waals surface area contributed by atoms with Crippen molar-refractivity contribution in [3.63, 3.8) is 0 Å². The number of pyridine rings is 1. The van der Waals surface area contributed by atoms with Crippen LogP contribution in [0.4, 0.5) is 5.69 Å². The summed E-state index contributed by atoms with van der Waals surface area (Å²) in [6, 6.07) is 25.1. The lowest BCUT2D eigenvalue weighted by molar-refractivity contribution is -0.119. The van der Waals surface area contributed by atoms with E-state index in [1.165, 1.54) is 16.4 Å². The predicted octanol–water partition coefficient (Wildman–Crippen LogP) is 5.19. The van der Waals surface area contributed by atoms with Crippen LogP contribution in [0, 0.1) is 6.92 Å². The van der Waals surface area contributed by atoms with E-state index >= 15 is 0 Å². The molecule has 0 radical (unpaired) electrons. The van der Waals surface area contributed by atoms with Gasteiger partial charge in [0.05, 0.1) is 42.0 Å². The van der Waals surface area contributed by atoms with Gasteiger partial charge in [-0.15, -0.1) is 0 Å². The number of morpholine rings is 1. The number of amides is 1. The molecule has 11 heteroatoms. The number of aromatic nitrogens is 1. The normalized spacial score (nSPS) is 13.9. The zero-order chi connectivity index (χ0) is 31.6. The van der Waals surface area contributed by atoms with E-state index in [-0.39, 0.29) is 23.5 Å². The van der Waals surface area contributed by atoms with Gasteiger partial charge in [-0.05, 0) is 65.7 Å². The van der Waals surface area contributed by atoms with Gasteiger partial charge >= 0.3 is 5.97 Å². The highest BCUT2D eigenvalue weighted by Crippen LogP contribution is 2.30. The molecule has 4 aromatic carbocycles. The number of methoxy groups -OCH3 is 1. The summed E-state index contributed by atoms with van der Waals surface area (Å²) in [6.07, 6.45) is 0. The van der Waals surface area contributed by atoms with Crippen molar-refractivity contribution in [2.75, 3.05) is 45.3 Å². The van der Waals surface area contributed by atoms with E-state index in [2.05, 4.69) is 5.32 Å². The zero-order valence-electron chi connectivity index (χ0n) is 24.8. The number of para-hydroxylation sites is 1. The molecular formula is C34H31N3O7S. The summed E-state index contributed by atoms with van der Waals surface area (Å²) in [7, 11) is -2.13. The molecule has 45 heavy (non-hydrogen) atoms. The fourth-order valence-corrected chi connectivity index (χ4v) is 6.66. The average molecular weight is 626 g/mol. The van der Waals surface area contributed by atoms with Gasteiger partial charge < -0.3 is 19.5 Å². The first-order chi connectivity index (χ1) is 21.7. The molecule has 1 N–H and O–H groups in total. The Labute approximate surface area is 260 Å². The van der Waals surface area contributed by atoms with Crippen molar-refractivity contribution < 1.29 is 32.2 Å². The number of aryl methyl sites for hydroxylation is 1. The number of hydrogen-bond donors (Lipinski definition) is 1. The first-order valence-electron chi connectivity index (χ1n) is 14.4. The molecule has 0 unspecified atom stereocenters. The summed E-state index contributed by atoms with van der Waals surface area (Å²) in [4.78, 5) is 31.1. The number of nitrogens with zero attached hydrogens (tertiary/aromatic N) is 2. The third kappa shape index (κ3) is 6.37. The number of ether oxygens (including phenoxy) is 3. The highest BCUT2D eigenvalue weighted by molar-refractivity contribution is 7.89. The Morgan fingerprint density at radius 3 is 2.49 bits per heavy atom. The van der Waals surface area contributed by atoms with Crippen LogP contribution in [0.2, 0.25) is 0 Å². The molecular weight excluding hydrogens is 594 g/mol. The topological polar surface area (TPSA) is 124 Å². The summed E-state index contributed by atoms with van der Waals surface area (Å²) in [6.45, 7) is 2.35. The summed E-state index contributed by atoms with van der Waals surface area (Å²) in [5, 5.41) is 5.27. The van der Waals surface area contributed by atoms with Crippen LogP contribution in [0.5, 0.6) is 5.75 Å². The Balaban J connectivity index is 1.21. The molecule has 1 aliphatic heterocycles. The first kappa shape index (κ1) is 30.2. The quantitative estimate of drug-likeness (QED) is 0.234. The third-order valence-electron chi connectivity index (χ3n) is 7.70. The summed E-state index contributed by atoms with van der Waals surface area (Å²) < 4.78 is 43.6. The second kappa shape index (κ2) is 12.6. The van der Waals surface area contributed by atoms with E-state index < -0.39 is 28.5 Å². The van der Waals surface area contributed by atoms with E-state index in [0.29, 0.717) is 41.1 Å². The van der Waals surface area contributed by atoms with Crippen LogP contribution in [0.25, 0.3) is 32.9 Å². The van der Waals surface area contributed by atoms with Crippen LogP contribution in [0.3, 0.4) is 0 Å². The van der Waals surface area contributed by atoms with Gasteiger partial charge in [-0.25, -0.2) is 18.2 Å². The van der Waals surface area contributed by atoms with E-state index in [9.17, 15) is 18.0 Å². The van der Waals surface area contributed by atoms with Gasteiger partial charge in [0.1, 0.15) is 5.75 Å². The number of benzene rings is 4. The second-order valence-corrected chi connectivity index (χ2v) is 12.6. The Hall–Kier alpha value is -4.84. The molecule has 1 saturated heterocycles. The number of nitrogens with one attached hydrogen (secondary N) is 1. The molecule has 6 rings (SSSR count). The fourth-order valence-electron chi connectivity index (χ4n) is 5.23. The van der Waals surface area contributed by atoms with Crippen molar-refractivity contribution in [2.45, 2.75) is 11.8 Å². The number of anilines is 1. The summed E-state index contributed by atoms with van der Waals surface area (Å²) in [5.74, 6) is -0.527. The molecule has 1 amide bonds. The third-order valence-corrected chi connectivity index (χ3v) is 9.60. The van der Waals surface area contributed by atoms with Crippen LogP contribution in [0.1, 0.15) is 15.9 Å². The smallest absolute Gasteiger partial charge is 0.339 e. The zero-order valence-corrected chi connectivity index (χ0v) is 25.6. The average Bonchev–Trinajstić information content (AvgIpc) is 3.07. The van der Waals surface area contributed by atoms with E-state index in [1.54, 1.807) is 38.3 Å². The highest BCUT2D eigenvalue weighted by Gasteiger charge is 2.27. The van der Waals surface area contributed by atoms with Crippen molar-refractivity contribution in [3.05, 3.63) is 96.1 Å². The maximum Gasteiger partial charge on any atom is 0.339 e. The molecule has 0 saturated carbocycles. The Kier molecular flexibility index (Phi) is 8.48. The van der Waals surface area contributed by atoms with E-state index in [4.69, 9.17) is 19.2 Å². The van der Waals surface area contributed by atoms with E-state index in [0.717, 1.165) is 22.1 Å². The molecule has 0 spiro atoms. The Bertz CT molecular complexity index is 2040. The SMILES string of the molecule is COc1ccc2cc(-c3cc(C(=O)OCC(=O)Nc4cc(S(=O)(=O)N5CCOCC5)ccc4C)c4ccccc4n3)ccc2c1. The maximum atomic E-state index is 13.4. The van der Waals surface area contributed by atoms with Gasteiger partial charge in [0, 0.05) is 29.7 Å². The van der Waals surface area contributed by atoms with Crippen molar-refractivity contribution in [1.29, 1.82) is 0 Å². The molecule has 1 aliphatic rings. The van der Waals surface area contributed by atoms with Crippen molar-refractivity contribution in [2.24, 2.45) is 0 Å². The molecule has 2 heterocycles. The van der Waals surface area contributed by atoms with Crippen molar-refractivity contribution in [3.8, 4) is 17.0 Å². The molecule has 0 atom stereocenters. The molecule has 1 aromatic heterocycles. The van der Waals surface area contributed by atoms with E-state index in [1.807, 2.05) is 48.5 Å². The lowest BCUT2D eigenvalue weighted by atomic mass is 10.0. The van der Waals surface area contributed by atoms with Crippen LogP contribution in [-0.4, -0.2) is 69.6 Å². The van der Waals surface area contributed by atoms with Crippen LogP contribution in [-0.2, 0) is 24.3 Å². The number of carbonyl (C=O) groups excluding carboxylic acids is 2. The lowest BCUT2D eigenvalue weighted by Crippen LogP contribution is -2.40. The largest absolute Gasteiger partial charge is 0.497 e. The van der Waals surface area contributed by atoms with Gasteiger partial charge in [0.25, 0.3) is 5.91 Å². The van der Waals surface area contributed by atoms with Gasteiger partial charge in [-0.3, -0.25) is 4.79 Å². The first-order valence-corrected chi connectivity index (χ1v) is 15.8. The minimum Gasteiger partial charge on any atom is -0.497 e. The summed E-state index contributed by atoms with van der Waals surface area (Å²) in [5.41, 5.74) is 3.25. The second-order valence-electron chi connectivity index (χ2n) is 10.6. The van der Waals surface area contributed by atoms with Crippen molar-refractivity contribution in [1.82, 2.24) is 9.29 Å². The lowest BCUT2D eigenvalue weighted by Gasteiger charge is -2.26. The van der Waals surface area contributed by atoms with Crippen LogP contribution in [0.15, 0.2) is 89.8 Å².